The first-order valence-corrected chi connectivity index (χ1v) is 11.1. The second kappa shape index (κ2) is 10.6. The van der Waals surface area contributed by atoms with Crippen LogP contribution in [0.1, 0.15) is 23.6 Å². The van der Waals surface area contributed by atoms with Crippen molar-refractivity contribution >= 4 is 22.7 Å². The minimum atomic E-state index is 0.683. The number of hydrogen-bond acceptors (Lipinski definition) is 3. The van der Waals surface area contributed by atoms with Crippen molar-refractivity contribution in [3.05, 3.63) is 101 Å². The van der Waals surface area contributed by atoms with Crippen molar-refractivity contribution in [3.8, 4) is 5.75 Å². The summed E-state index contributed by atoms with van der Waals surface area (Å²) in [6.07, 6.45) is 0. The van der Waals surface area contributed by atoms with Crippen LogP contribution in [0, 0.1) is 0 Å². The van der Waals surface area contributed by atoms with Crippen molar-refractivity contribution < 1.29 is 9.47 Å². The fraction of sp³-hybridized carbons (Fsp3) is 0.259. The zero-order valence-corrected chi connectivity index (χ0v) is 18.6. The van der Waals surface area contributed by atoms with E-state index in [1.807, 2.05) is 18.2 Å². The van der Waals surface area contributed by atoms with E-state index in [-0.39, 0.29) is 0 Å². The van der Waals surface area contributed by atoms with Crippen molar-refractivity contribution in [1.82, 2.24) is 4.90 Å². The highest BCUT2D eigenvalue weighted by atomic mass is 35.5. The van der Waals surface area contributed by atoms with Crippen LogP contribution < -0.4 is 4.74 Å². The molecule has 0 unspecified atom stereocenters. The first-order valence-electron chi connectivity index (χ1n) is 10.8. The molecular formula is C27H28ClNO2. The van der Waals surface area contributed by atoms with Crippen LogP contribution in [0.4, 0.5) is 0 Å². The molecule has 0 spiro atoms. The second-order valence-electron chi connectivity index (χ2n) is 7.70. The summed E-state index contributed by atoms with van der Waals surface area (Å²) in [6.45, 7) is 7.37. The molecule has 4 heteroatoms. The Morgan fingerprint density at radius 2 is 1.45 bits per heavy atom. The van der Waals surface area contributed by atoms with Gasteiger partial charge in [0.15, 0.2) is 0 Å². The molecule has 3 aromatic rings. The highest BCUT2D eigenvalue weighted by molar-refractivity contribution is 6.30. The molecule has 0 atom stereocenters. The Bertz CT molecular complexity index is 992. The lowest BCUT2D eigenvalue weighted by atomic mass is 9.90. The number of halogens is 1. The first kappa shape index (κ1) is 21.6. The van der Waals surface area contributed by atoms with Gasteiger partial charge in [-0.1, -0.05) is 66.2 Å². The van der Waals surface area contributed by atoms with E-state index in [0.717, 1.165) is 54.7 Å². The molecule has 1 aliphatic rings. The van der Waals surface area contributed by atoms with Crippen LogP contribution in [-0.4, -0.2) is 44.4 Å². The summed E-state index contributed by atoms with van der Waals surface area (Å²) < 4.78 is 11.4. The van der Waals surface area contributed by atoms with Crippen molar-refractivity contribution in [2.75, 3.05) is 39.5 Å². The van der Waals surface area contributed by atoms with Crippen molar-refractivity contribution in [2.45, 2.75) is 6.92 Å². The Kier molecular flexibility index (Phi) is 7.42. The lowest BCUT2D eigenvalue weighted by Crippen LogP contribution is -2.38. The van der Waals surface area contributed by atoms with Crippen molar-refractivity contribution in [3.63, 3.8) is 0 Å². The molecule has 1 saturated heterocycles. The minimum absolute atomic E-state index is 0.683. The van der Waals surface area contributed by atoms with Crippen LogP contribution >= 0.6 is 11.6 Å². The van der Waals surface area contributed by atoms with Gasteiger partial charge < -0.3 is 9.47 Å². The maximum atomic E-state index is 6.14. The van der Waals surface area contributed by atoms with Gasteiger partial charge in [-0.25, -0.2) is 0 Å². The fourth-order valence-corrected chi connectivity index (χ4v) is 4.01. The SMILES string of the molecule is C/C(=C(/c1ccc(Cl)cc1)c1ccc(OCCN2CCOCC2)cc1)c1ccccc1. The van der Waals surface area contributed by atoms with Gasteiger partial charge in [-0.15, -0.1) is 0 Å². The van der Waals surface area contributed by atoms with Crippen molar-refractivity contribution in [1.29, 1.82) is 0 Å². The highest BCUT2D eigenvalue weighted by Crippen LogP contribution is 2.33. The molecule has 4 rings (SSSR count). The van der Waals surface area contributed by atoms with Gasteiger partial charge in [0.05, 0.1) is 13.2 Å². The third-order valence-corrected chi connectivity index (χ3v) is 5.89. The van der Waals surface area contributed by atoms with Gasteiger partial charge in [0.2, 0.25) is 0 Å². The fourth-order valence-electron chi connectivity index (χ4n) is 3.88. The van der Waals surface area contributed by atoms with E-state index in [0.29, 0.717) is 6.61 Å². The second-order valence-corrected chi connectivity index (χ2v) is 8.14. The summed E-state index contributed by atoms with van der Waals surface area (Å²) in [6, 6.07) is 26.9. The normalized spacial score (nSPS) is 15.4. The van der Waals surface area contributed by atoms with E-state index in [9.17, 15) is 0 Å². The molecular weight excluding hydrogens is 406 g/mol. The number of nitrogens with zero attached hydrogens (tertiary/aromatic N) is 1. The quantitative estimate of drug-likeness (QED) is 0.424. The number of ether oxygens (including phenoxy) is 2. The molecule has 0 amide bonds. The van der Waals surface area contributed by atoms with Crippen LogP contribution in [0.2, 0.25) is 5.02 Å². The third kappa shape index (κ3) is 5.76. The smallest absolute Gasteiger partial charge is 0.119 e. The molecule has 1 aliphatic heterocycles. The van der Waals surface area contributed by atoms with E-state index in [4.69, 9.17) is 21.1 Å². The number of allylic oxidation sites excluding steroid dienone is 1. The number of rotatable bonds is 7. The summed E-state index contributed by atoms with van der Waals surface area (Å²) in [5.41, 5.74) is 5.93. The van der Waals surface area contributed by atoms with Gasteiger partial charge in [0, 0.05) is 24.7 Å². The Balaban J connectivity index is 1.55. The van der Waals surface area contributed by atoms with E-state index in [2.05, 4.69) is 72.5 Å². The molecule has 3 nitrogen and oxygen atoms in total. The summed E-state index contributed by atoms with van der Waals surface area (Å²) in [5, 5.41) is 0.740. The maximum absolute atomic E-state index is 6.14. The molecule has 1 fully saturated rings. The topological polar surface area (TPSA) is 21.7 Å². The Hall–Kier alpha value is -2.59. The van der Waals surface area contributed by atoms with Gasteiger partial charge in [-0.05, 0) is 59.0 Å². The van der Waals surface area contributed by atoms with Crippen LogP contribution in [0.5, 0.6) is 5.75 Å². The van der Waals surface area contributed by atoms with E-state index in [1.165, 1.54) is 16.7 Å². The van der Waals surface area contributed by atoms with Crippen LogP contribution in [0.3, 0.4) is 0 Å². The number of hydrogen-bond donors (Lipinski definition) is 0. The predicted octanol–water partition coefficient (Wildman–Crippen LogP) is 6.03. The summed E-state index contributed by atoms with van der Waals surface area (Å²) >= 11 is 6.14. The van der Waals surface area contributed by atoms with Crippen molar-refractivity contribution in [2.24, 2.45) is 0 Å². The Morgan fingerprint density at radius 1 is 0.839 bits per heavy atom. The molecule has 160 valence electrons. The average molecular weight is 434 g/mol. The zero-order chi connectivity index (χ0) is 21.5. The highest BCUT2D eigenvalue weighted by Gasteiger charge is 2.12. The first-order chi connectivity index (χ1) is 15.2. The van der Waals surface area contributed by atoms with Gasteiger partial charge >= 0.3 is 0 Å². The molecule has 31 heavy (non-hydrogen) atoms. The van der Waals surface area contributed by atoms with E-state index < -0.39 is 0 Å². The zero-order valence-electron chi connectivity index (χ0n) is 17.9. The Labute approximate surface area is 189 Å². The van der Waals surface area contributed by atoms with Gasteiger partial charge in [-0.2, -0.15) is 0 Å². The van der Waals surface area contributed by atoms with Gasteiger partial charge in [0.25, 0.3) is 0 Å². The lowest BCUT2D eigenvalue weighted by molar-refractivity contribution is 0.0322. The van der Waals surface area contributed by atoms with Crippen LogP contribution in [-0.2, 0) is 4.74 Å². The summed E-state index contributed by atoms with van der Waals surface area (Å²) in [7, 11) is 0. The number of benzene rings is 3. The molecule has 0 N–H and O–H groups in total. The standard InChI is InChI=1S/C27H28ClNO2/c1-21(22-5-3-2-4-6-22)27(23-7-11-25(28)12-8-23)24-9-13-26(14-10-24)31-20-17-29-15-18-30-19-16-29/h2-14H,15-20H2,1H3/b27-21+. The van der Waals surface area contributed by atoms with Gasteiger partial charge in [-0.3, -0.25) is 4.90 Å². The predicted molar refractivity (Wildman–Crippen MR) is 129 cm³/mol. The van der Waals surface area contributed by atoms with E-state index >= 15 is 0 Å². The molecule has 0 radical (unpaired) electrons. The molecule has 1 heterocycles. The third-order valence-electron chi connectivity index (χ3n) is 5.64. The number of morpholine rings is 1. The average Bonchev–Trinajstić information content (AvgIpc) is 2.83. The minimum Gasteiger partial charge on any atom is -0.492 e. The summed E-state index contributed by atoms with van der Waals surface area (Å²) in [4.78, 5) is 2.38. The van der Waals surface area contributed by atoms with Crippen LogP contribution in [0.15, 0.2) is 78.9 Å². The maximum Gasteiger partial charge on any atom is 0.119 e. The molecule has 3 aromatic carbocycles. The lowest BCUT2D eigenvalue weighted by Gasteiger charge is -2.26. The summed E-state index contributed by atoms with van der Waals surface area (Å²) in [5.74, 6) is 0.893. The van der Waals surface area contributed by atoms with Gasteiger partial charge in [0.1, 0.15) is 12.4 Å². The Morgan fingerprint density at radius 3 is 2.10 bits per heavy atom. The largest absolute Gasteiger partial charge is 0.492 e. The molecule has 0 aromatic heterocycles. The molecule has 0 bridgehead atoms. The molecule has 0 aliphatic carbocycles. The molecule has 0 saturated carbocycles. The van der Waals surface area contributed by atoms with Crippen LogP contribution in [0.25, 0.3) is 11.1 Å². The van der Waals surface area contributed by atoms with E-state index in [1.54, 1.807) is 0 Å². The monoisotopic (exact) mass is 433 g/mol.